The SMILES string of the molecule is C=CC(=O)OCCC[Si](C)(OCC)c1ccccc1. The van der Waals surface area contributed by atoms with Gasteiger partial charge in [-0.05, 0) is 31.1 Å². The first-order chi connectivity index (χ1) is 9.12. The van der Waals surface area contributed by atoms with Gasteiger partial charge in [0.2, 0.25) is 8.32 Å². The number of hydrogen-bond acceptors (Lipinski definition) is 3. The van der Waals surface area contributed by atoms with Crippen LogP contribution >= 0.6 is 0 Å². The van der Waals surface area contributed by atoms with Crippen LogP contribution in [0, 0.1) is 0 Å². The van der Waals surface area contributed by atoms with Gasteiger partial charge in [0.25, 0.3) is 0 Å². The molecule has 1 atom stereocenters. The Labute approximate surface area is 116 Å². The van der Waals surface area contributed by atoms with E-state index in [9.17, 15) is 4.79 Å². The molecule has 1 unspecified atom stereocenters. The van der Waals surface area contributed by atoms with Gasteiger partial charge < -0.3 is 9.16 Å². The normalized spacial score (nSPS) is 13.6. The van der Waals surface area contributed by atoms with Crippen LogP contribution in [0.4, 0.5) is 0 Å². The smallest absolute Gasteiger partial charge is 0.330 e. The van der Waals surface area contributed by atoms with E-state index in [2.05, 4.69) is 25.3 Å². The molecule has 0 saturated carbocycles. The minimum Gasteiger partial charge on any atom is -0.463 e. The number of esters is 1. The van der Waals surface area contributed by atoms with E-state index in [0.29, 0.717) is 13.2 Å². The third-order valence-electron chi connectivity index (χ3n) is 3.06. The summed E-state index contributed by atoms with van der Waals surface area (Å²) >= 11 is 0. The second kappa shape index (κ2) is 7.91. The largest absolute Gasteiger partial charge is 0.463 e. The van der Waals surface area contributed by atoms with Gasteiger partial charge in [-0.25, -0.2) is 4.79 Å². The van der Waals surface area contributed by atoms with E-state index in [4.69, 9.17) is 9.16 Å². The van der Waals surface area contributed by atoms with Crippen LogP contribution in [-0.2, 0) is 14.0 Å². The van der Waals surface area contributed by atoms with Gasteiger partial charge in [0, 0.05) is 12.7 Å². The van der Waals surface area contributed by atoms with Crippen LogP contribution < -0.4 is 5.19 Å². The third kappa shape index (κ3) is 5.01. The fourth-order valence-electron chi connectivity index (χ4n) is 2.05. The average Bonchev–Trinajstić information content (AvgIpc) is 2.44. The van der Waals surface area contributed by atoms with E-state index in [0.717, 1.165) is 12.5 Å². The molecule has 1 aromatic rings. The van der Waals surface area contributed by atoms with Crippen molar-refractivity contribution in [1.29, 1.82) is 0 Å². The maximum Gasteiger partial charge on any atom is 0.330 e. The average molecular weight is 278 g/mol. The van der Waals surface area contributed by atoms with E-state index in [1.165, 1.54) is 11.3 Å². The number of benzene rings is 1. The molecule has 0 fully saturated rings. The van der Waals surface area contributed by atoms with Crippen molar-refractivity contribution in [2.45, 2.75) is 25.9 Å². The summed E-state index contributed by atoms with van der Waals surface area (Å²) in [6.07, 6.45) is 2.01. The van der Waals surface area contributed by atoms with Crippen molar-refractivity contribution in [2.75, 3.05) is 13.2 Å². The van der Waals surface area contributed by atoms with Gasteiger partial charge in [-0.2, -0.15) is 0 Å². The van der Waals surface area contributed by atoms with Crippen molar-refractivity contribution in [3.8, 4) is 0 Å². The van der Waals surface area contributed by atoms with Gasteiger partial charge in [0.1, 0.15) is 0 Å². The highest BCUT2D eigenvalue weighted by Crippen LogP contribution is 2.14. The number of carbonyl (C=O) groups excluding carboxylic acids is 1. The molecule has 0 aliphatic heterocycles. The molecular weight excluding hydrogens is 256 g/mol. The van der Waals surface area contributed by atoms with Gasteiger partial charge >= 0.3 is 5.97 Å². The Morgan fingerprint density at radius 1 is 1.37 bits per heavy atom. The zero-order valence-electron chi connectivity index (χ0n) is 11.7. The maximum atomic E-state index is 11.0. The summed E-state index contributed by atoms with van der Waals surface area (Å²) in [6.45, 7) is 8.74. The van der Waals surface area contributed by atoms with Gasteiger partial charge in [0.15, 0.2) is 0 Å². The van der Waals surface area contributed by atoms with E-state index in [-0.39, 0.29) is 5.97 Å². The van der Waals surface area contributed by atoms with E-state index < -0.39 is 8.32 Å². The second-order valence-electron chi connectivity index (χ2n) is 4.51. The molecule has 0 aliphatic carbocycles. The lowest BCUT2D eigenvalue weighted by Crippen LogP contribution is -2.47. The molecule has 3 nitrogen and oxygen atoms in total. The van der Waals surface area contributed by atoms with Crippen LogP contribution in [0.1, 0.15) is 13.3 Å². The molecule has 0 aromatic heterocycles. The van der Waals surface area contributed by atoms with Gasteiger partial charge in [-0.1, -0.05) is 36.9 Å². The zero-order valence-corrected chi connectivity index (χ0v) is 12.7. The Bertz CT molecular complexity index is 405. The van der Waals surface area contributed by atoms with Crippen molar-refractivity contribution in [2.24, 2.45) is 0 Å². The molecule has 1 aromatic carbocycles. The van der Waals surface area contributed by atoms with Crippen LogP contribution in [0.25, 0.3) is 0 Å². The lowest BCUT2D eigenvalue weighted by Gasteiger charge is -2.27. The summed E-state index contributed by atoms with van der Waals surface area (Å²) in [6, 6.07) is 11.3. The van der Waals surface area contributed by atoms with Crippen LogP contribution in [-0.4, -0.2) is 27.5 Å². The lowest BCUT2D eigenvalue weighted by atomic mass is 10.4. The molecule has 0 N–H and O–H groups in total. The number of ether oxygens (including phenoxy) is 1. The van der Waals surface area contributed by atoms with Crippen LogP contribution in [0.5, 0.6) is 0 Å². The topological polar surface area (TPSA) is 35.5 Å². The Balaban J connectivity index is 2.57. The van der Waals surface area contributed by atoms with Gasteiger partial charge in [-0.3, -0.25) is 0 Å². The van der Waals surface area contributed by atoms with Crippen molar-refractivity contribution >= 4 is 19.5 Å². The highest BCUT2D eigenvalue weighted by molar-refractivity contribution is 6.85. The second-order valence-corrected chi connectivity index (χ2v) is 8.33. The molecule has 1 rings (SSSR count). The minimum atomic E-state index is -1.92. The van der Waals surface area contributed by atoms with Crippen molar-refractivity contribution < 1.29 is 14.0 Å². The number of rotatable bonds is 8. The Morgan fingerprint density at radius 3 is 2.63 bits per heavy atom. The minimum absolute atomic E-state index is 0.362. The fourth-order valence-corrected chi connectivity index (χ4v) is 5.00. The Morgan fingerprint density at radius 2 is 2.05 bits per heavy atom. The quantitative estimate of drug-likeness (QED) is 0.317. The molecule has 104 valence electrons. The van der Waals surface area contributed by atoms with Crippen molar-refractivity contribution in [1.82, 2.24) is 0 Å². The van der Waals surface area contributed by atoms with Crippen LogP contribution in [0.3, 0.4) is 0 Å². The summed E-state index contributed by atoms with van der Waals surface area (Å²) in [5.41, 5.74) is 0. The van der Waals surface area contributed by atoms with Gasteiger partial charge in [0.05, 0.1) is 6.61 Å². The molecule has 4 heteroatoms. The molecule has 19 heavy (non-hydrogen) atoms. The maximum absolute atomic E-state index is 11.0. The summed E-state index contributed by atoms with van der Waals surface area (Å²) in [4.78, 5) is 11.0. The van der Waals surface area contributed by atoms with Gasteiger partial charge in [-0.15, -0.1) is 0 Å². The highest BCUT2D eigenvalue weighted by Gasteiger charge is 2.30. The van der Waals surface area contributed by atoms with Crippen molar-refractivity contribution in [3.63, 3.8) is 0 Å². The standard InChI is InChI=1S/C15H22O3Si/c1-4-15(16)17-12-9-13-19(3,18-5-2)14-10-7-6-8-11-14/h4,6-8,10-11H,1,5,9,12-13H2,2-3H3. The van der Waals surface area contributed by atoms with Crippen LogP contribution in [0.2, 0.25) is 12.6 Å². The molecule has 0 spiro atoms. The van der Waals surface area contributed by atoms with Crippen molar-refractivity contribution in [3.05, 3.63) is 43.0 Å². The fraction of sp³-hybridized carbons (Fsp3) is 0.400. The molecule has 0 heterocycles. The monoisotopic (exact) mass is 278 g/mol. The summed E-state index contributed by atoms with van der Waals surface area (Å²) < 4.78 is 11.0. The molecule has 0 saturated heterocycles. The number of hydrogen-bond donors (Lipinski definition) is 0. The van der Waals surface area contributed by atoms with E-state index >= 15 is 0 Å². The van der Waals surface area contributed by atoms with E-state index in [1.807, 2.05) is 25.1 Å². The lowest BCUT2D eigenvalue weighted by molar-refractivity contribution is -0.137. The first-order valence-corrected chi connectivity index (χ1v) is 9.22. The highest BCUT2D eigenvalue weighted by atomic mass is 28.4. The van der Waals surface area contributed by atoms with E-state index in [1.54, 1.807) is 0 Å². The predicted octanol–water partition coefficient (Wildman–Crippen LogP) is 2.62. The summed E-state index contributed by atoms with van der Waals surface area (Å²) in [7, 11) is -1.92. The molecule has 0 radical (unpaired) electrons. The first kappa shape index (κ1) is 15.7. The molecule has 0 bridgehead atoms. The molecular formula is C15H22O3Si. The molecule has 0 amide bonds. The predicted molar refractivity (Wildman–Crippen MR) is 79.9 cm³/mol. The summed E-state index contributed by atoms with van der Waals surface area (Å²) in [5.74, 6) is -0.362. The molecule has 0 aliphatic rings. The number of carbonyl (C=O) groups is 1. The first-order valence-electron chi connectivity index (χ1n) is 6.61. The van der Waals surface area contributed by atoms with Crippen LogP contribution in [0.15, 0.2) is 43.0 Å². The zero-order chi connectivity index (χ0) is 14.1. The summed E-state index contributed by atoms with van der Waals surface area (Å²) in [5, 5.41) is 1.28. The Hall–Kier alpha value is -1.39. The Kier molecular flexibility index (Phi) is 6.52. The third-order valence-corrected chi connectivity index (χ3v) is 6.84.